The Morgan fingerprint density at radius 2 is 1.81 bits per heavy atom. The van der Waals surface area contributed by atoms with Crippen LogP contribution in [0.4, 0.5) is 8.78 Å². The summed E-state index contributed by atoms with van der Waals surface area (Å²) < 4.78 is 27.4. The van der Waals surface area contributed by atoms with E-state index in [1.165, 1.54) is 24.3 Å². The molecule has 0 spiro atoms. The molecule has 26 heavy (non-hydrogen) atoms. The molecule has 0 fully saturated rings. The monoisotopic (exact) mass is 470 g/mol. The van der Waals surface area contributed by atoms with E-state index in [0.717, 1.165) is 0 Å². The first kappa shape index (κ1) is 21.8. The molecule has 0 unspecified atom stereocenters. The topological polar surface area (TPSA) is 60.2 Å². The normalized spacial score (nSPS) is 10.6. The number of rotatable bonds is 6. The van der Waals surface area contributed by atoms with Crippen LogP contribution in [0.2, 0.25) is 0 Å². The number of hydrogen-bond donors (Lipinski definition) is 2. The second-order valence-corrected chi connectivity index (χ2v) is 5.38. The Morgan fingerprint density at radius 3 is 2.50 bits per heavy atom. The second kappa shape index (κ2) is 11.4. The van der Waals surface area contributed by atoms with E-state index in [1.54, 1.807) is 18.2 Å². The Hall–Kier alpha value is -2.21. The summed E-state index contributed by atoms with van der Waals surface area (Å²) in [5.41, 5.74) is 1.37. The molecule has 0 atom stereocenters. The number of benzene rings is 2. The fourth-order valence-corrected chi connectivity index (χ4v) is 2.29. The van der Waals surface area contributed by atoms with Crippen molar-refractivity contribution in [2.24, 2.45) is 4.99 Å². The van der Waals surface area contributed by atoms with Crippen LogP contribution >= 0.6 is 24.0 Å². The van der Waals surface area contributed by atoms with E-state index in [0.29, 0.717) is 42.2 Å². The molecule has 0 amide bonds. The zero-order valence-electron chi connectivity index (χ0n) is 14.4. The van der Waals surface area contributed by atoms with E-state index in [4.69, 9.17) is 5.26 Å². The molecule has 138 valence electrons. The average Bonchev–Trinajstić information content (AvgIpc) is 2.62. The molecule has 0 bridgehead atoms. The van der Waals surface area contributed by atoms with Crippen LogP contribution in [-0.4, -0.2) is 19.0 Å². The lowest BCUT2D eigenvalue weighted by molar-refractivity contribution is 0.605. The van der Waals surface area contributed by atoms with Gasteiger partial charge in [-0.15, -0.1) is 24.0 Å². The van der Waals surface area contributed by atoms with Crippen LogP contribution < -0.4 is 10.6 Å². The van der Waals surface area contributed by atoms with Gasteiger partial charge in [0.1, 0.15) is 11.6 Å². The zero-order chi connectivity index (χ0) is 18.1. The van der Waals surface area contributed by atoms with E-state index in [9.17, 15) is 8.78 Å². The highest BCUT2D eigenvalue weighted by molar-refractivity contribution is 14.0. The molecule has 0 heterocycles. The Bertz CT molecular complexity index is 787. The fraction of sp³-hybridized carbons (Fsp3) is 0.263. The van der Waals surface area contributed by atoms with Crippen LogP contribution in [0.25, 0.3) is 0 Å². The summed E-state index contributed by atoms with van der Waals surface area (Å²) >= 11 is 0. The molecule has 0 saturated carbocycles. The number of nitrogens with one attached hydrogen (secondary N) is 2. The summed E-state index contributed by atoms with van der Waals surface area (Å²) in [6.07, 6.45) is 0.509. The van der Waals surface area contributed by atoms with Crippen LogP contribution in [0.3, 0.4) is 0 Å². The lowest BCUT2D eigenvalue weighted by Gasteiger charge is -2.12. The van der Waals surface area contributed by atoms with Gasteiger partial charge < -0.3 is 10.6 Å². The summed E-state index contributed by atoms with van der Waals surface area (Å²) in [4.78, 5) is 4.32. The van der Waals surface area contributed by atoms with Crippen molar-refractivity contribution in [2.75, 3.05) is 13.1 Å². The molecule has 0 aliphatic heterocycles. The van der Waals surface area contributed by atoms with Gasteiger partial charge in [-0.05, 0) is 43.2 Å². The van der Waals surface area contributed by atoms with Crippen LogP contribution in [0.1, 0.15) is 23.6 Å². The number of halogens is 3. The quantitative estimate of drug-likeness (QED) is 0.384. The lowest BCUT2D eigenvalue weighted by atomic mass is 10.1. The van der Waals surface area contributed by atoms with Crippen molar-refractivity contribution in [2.45, 2.75) is 19.9 Å². The molecule has 2 rings (SSSR count). The van der Waals surface area contributed by atoms with Gasteiger partial charge in [0.15, 0.2) is 5.96 Å². The van der Waals surface area contributed by atoms with Crippen LogP contribution in [0.15, 0.2) is 47.5 Å². The molecular weight excluding hydrogens is 449 g/mol. The van der Waals surface area contributed by atoms with Gasteiger partial charge in [-0.25, -0.2) is 13.8 Å². The molecule has 0 aliphatic carbocycles. The molecule has 4 nitrogen and oxygen atoms in total. The van der Waals surface area contributed by atoms with Gasteiger partial charge in [0.25, 0.3) is 0 Å². The third-order valence-electron chi connectivity index (χ3n) is 3.57. The summed E-state index contributed by atoms with van der Waals surface area (Å²) in [6, 6.07) is 12.8. The number of guanidine groups is 1. The maximum absolute atomic E-state index is 13.8. The Kier molecular flexibility index (Phi) is 9.58. The predicted molar refractivity (Wildman–Crippen MR) is 109 cm³/mol. The molecule has 0 aromatic heterocycles. The van der Waals surface area contributed by atoms with Gasteiger partial charge in [-0.3, -0.25) is 0 Å². The van der Waals surface area contributed by atoms with Crippen molar-refractivity contribution in [3.8, 4) is 6.07 Å². The number of hydrogen-bond acceptors (Lipinski definition) is 2. The standard InChI is InChI=1S/C19H20F2N4.HI/c1-2-23-19(24-10-9-15-5-3-4-6-17(15)20)25-13-16-11-14(12-22)7-8-18(16)21;/h3-8,11H,2,9-10,13H2,1H3,(H2,23,24,25);1H. The van der Waals surface area contributed by atoms with Gasteiger partial charge >= 0.3 is 0 Å². The highest BCUT2D eigenvalue weighted by Crippen LogP contribution is 2.11. The first-order valence-electron chi connectivity index (χ1n) is 8.08. The minimum absolute atomic E-state index is 0. The van der Waals surface area contributed by atoms with E-state index < -0.39 is 5.82 Å². The van der Waals surface area contributed by atoms with E-state index >= 15 is 0 Å². The minimum Gasteiger partial charge on any atom is -0.357 e. The zero-order valence-corrected chi connectivity index (χ0v) is 16.8. The first-order chi connectivity index (χ1) is 12.1. The van der Waals surface area contributed by atoms with E-state index in [-0.39, 0.29) is 36.3 Å². The number of aliphatic imine (C=N–C) groups is 1. The summed E-state index contributed by atoms with van der Waals surface area (Å²) in [7, 11) is 0. The van der Waals surface area contributed by atoms with Crippen molar-refractivity contribution < 1.29 is 8.78 Å². The van der Waals surface area contributed by atoms with Gasteiger partial charge in [-0.1, -0.05) is 18.2 Å². The molecule has 2 aromatic carbocycles. The maximum Gasteiger partial charge on any atom is 0.191 e. The molecule has 7 heteroatoms. The molecule has 2 aromatic rings. The Labute approximate surface area is 169 Å². The second-order valence-electron chi connectivity index (χ2n) is 5.38. The Morgan fingerprint density at radius 1 is 1.08 bits per heavy atom. The lowest BCUT2D eigenvalue weighted by Crippen LogP contribution is -2.38. The highest BCUT2D eigenvalue weighted by atomic mass is 127. The third-order valence-corrected chi connectivity index (χ3v) is 3.57. The molecule has 0 aliphatic rings. The van der Waals surface area contributed by atoms with Gasteiger partial charge in [0.2, 0.25) is 0 Å². The largest absolute Gasteiger partial charge is 0.357 e. The predicted octanol–water partition coefficient (Wildman–Crippen LogP) is 3.75. The molecule has 0 saturated heterocycles. The summed E-state index contributed by atoms with van der Waals surface area (Å²) in [6.45, 7) is 3.17. The SMILES string of the molecule is CCNC(=NCc1cc(C#N)ccc1F)NCCc1ccccc1F.I. The van der Waals surface area contributed by atoms with Gasteiger partial charge in [-0.2, -0.15) is 5.26 Å². The molecular formula is C19H21F2IN4. The van der Waals surface area contributed by atoms with Crippen LogP contribution in [0, 0.1) is 23.0 Å². The van der Waals surface area contributed by atoms with Crippen LogP contribution in [0.5, 0.6) is 0 Å². The van der Waals surface area contributed by atoms with Crippen molar-refractivity contribution in [1.82, 2.24) is 10.6 Å². The summed E-state index contributed by atoms with van der Waals surface area (Å²) in [5, 5.41) is 15.1. The van der Waals surface area contributed by atoms with Crippen molar-refractivity contribution >= 4 is 29.9 Å². The van der Waals surface area contributed by atoms with Crippen molar-refractivity contribution in [3.05, 3.63) is 70.8 Å². The first-order valence-corrected chi connectivity index (χ1v) is 8.08. The number of nitriles is 1. The fourth-order valence-electron chi connectivity index (χ4n) is 2.29. The van der Waals surface area contributed by atoms with E-state index in [1.807, 2.05) is 13.0 Å². The van der Waals surface area contributed by atoms with Gasteiger partial charge in [0.05, 0.1) is 18.2 Å². The van der Waals surface area contributed by atoms with Crippen molar-refractivity contribution in [1.29, 1.82) is 5.26 Å². The highest BCUT2D eigenvalue weighted by Gasteiger charge is 2.05. The summed E-state index contributed by atoms with van der Waals surface area (Å²) in [5.74, 6) is -0.118. The molecule has 0 radical (unpaired) electrons. The maximum atomic E-state index is 13.8. The Balaban J connectivity index is 0.00000338. The van der Waals surface area contributed by atoms with Crippen molar-refractivity contribution in [3.63, 3.8) is 0 Å². The molecule has 2 N–H and O–H groups in total. The number of nitrogens with zero attached hydrogens (tertiary/aromatic N) is 2. The van der Waals surface area contributed by atoms with Crippen LogP contribution in [-0.2, 0) is 13.0 Å². The average molecular weight is 470 g/mol. The smallest absolute Gasteiger partial charge is 0.191 e. The minimum atomic E-state index is -0.398. The van der Waals surface area contributed by atoms with E-state index in [2.05, 4.69) is 15.6 Å². The third kappa shape index (κ3) is 6.59. The van der Waals surface area contributed by atoms with Gasteiger partial charge in [0, 0.05) is 18.7 Å².